The summed E-state index contributed by atoms with van der Waals surface area (Å²) in [6.07, 6.45) is 3.98. The van der Waals surface area contributed by atoms with Gasteiger partial charge in [0.2, 0.25) is 0 Å². The normalized spacial score (nSPS) is 11.2. The third-order valence-corrected chi connectivity index (χ3v) is 4.71. The Morgan fingerprint density at radius 1 is 1.05 bits per heavy atom. The van der Waals surface area contributed by atoms with Crippen LogP contribution in [0.1, 0.15) is 5.69 Å². The summed E-state index contributed by atoms with van der Waals surface area (Å²) >= 11 is 1.58. The maximum atomic E-state index is 13.0. The van der Waals surface area contributed by atoms with Crippen molar-refractivity contribution in [2.45, 2.75) is 6.92 Å². The summed E-state index contributed by atoms with van der Waals surface area (Å²) in [6, 6.07) is 12.3. The molecule has 5 heteroatoms. The highest BCUT2D eigenvalue weighted by molar-refractivity contribution is 7.18. The highest BCUT2D eigenvalue weighted by Gasteiger charge is 2.14. The van der Waals surface area contributed by atoms with Crippen LogP contribution >= 0.6 is 11.3 Å². The second-order valence-corrected chi connectivity index (χ2v) is 6.03. The van der Waals surface area contributed by atoms with E-state index in [1.165, 1.54) is 12.1 Å². The molecule has 108 valence electrons. The molecule has 0 aliphatic rings. The number of halogens is 1. The van der Waals surface area contributed by atoms with Gasteiger partial charge in [-0.15, -0.1) is 11.3 Å². The van der Waals surface area contributed by atoms with E-state index in [1.54, 1.807) is 23.5 Å². The van der Waals surface area contributed by atoms with Crippen molar-refractivity contribution in [2.75, 3.05) is 0 Å². The minimum absolute atomic E-state index is 0.238. The SMILES string of the molecule is Cc1nc(-c2ccc(F)cc2)sc1-c1cn2ccccc2n1. The fourth-order valence-electron chi connectivity index (χ4n) is 2.39. The summed E-state index contributed by atoms with van der Waals surface area (Å²) in [5.74, 6) is -0.238. The monoisotopic (exact) mass is 309 g/mol. The van der Waals surface area contributed by atoms with Gasteiger partial charge in [0.05, 0.1) is 10.6 Å². The van der Waals surface area contributed by atoms with Crippen LogP contribution in [0.2, 0.25) is 0 Å². The van der Waals surface area contributed by atoms with E-state index in [2.05, 4.69) is 9.97 Å². The van der Waals surface area contributed by atoms with Gasteiger partial charge in [-0.1, -0.05) is 6.07 Å². The molecule has 3 heterocycles. The Kier molecular flexibility index (Phi) is 3.01. The minimum Gasteiger partial charge on any atom is -0.306 e. The number of nitrogens with zero attached hydrogens (tertiary/aromatic N) is 3. The van der Waals surface area contributed by atoms with Gasteiger partial charge in [-0.05, 0) is 43.3 Å². The maximum Gasteiger partial charge on any atom is 0.137 e. The zero-order chi connectivity index (χ0) is 15.1. The molecule has 22 heavy (non-hydrogen) atoms. The van der Waals surface area contributed by atoms with Crippen molar-refractivity contribution in [3.63, 3.8) is 0 Å². The second-order valence-electron chi connectivity index (χ2n) is 5.03. The number of fused-ring (bicyclic) bond motifs is 1. The van der Waals surface area contributed by atoms with Gasteiger partial charge >= 0.3 is 0 Å². The second kappa shape index (κ2) is 5.03. The van der Waals surface area contributed by atoms with E-state index in [0.717, 1.165) is 32.5 Å². The molecule has 0 unspecified atom stereocenters. The van der Waals surface area contributed by atoms with Crippen molar-refractivity contribution >= 4 is 17.0 Å². The molecule has 0 fully saturated rings. The average molecular weight is 309 g/mol. The lowest BCUT2D eigenvalue weighted by molar-refractivity contribution is 0.628. The lowest BCUT2D eigenvalue weighted by atomic mass is 10.2. The van der Waals surface area contributed by atoms with E-state index >= 15 is 0 Å². The summed E-state index contributed by atoms with van der Waals surface area (Å²) in [6.45, 7) is 1.98. The van der Waals surface area contributed by atoms with E-state index < -0.39 is 0 Å². The highest BCUT2D eigenvalue weighted by Crippen LogP contribution is 2.34. The first-order valence-electron chi connectivity index (χ1n) is 6.88. The van der Waals surface area contributed by atoms with Crippen molar-refractivity contribution in [3.05, 3.63) is 66.4 Å². The van der Waals surface area contributed by atoms with Crippen LogP contribution in [0, 0.1) is 12.7 Å². The maximum absolute atomic E-state index is 13.0. The molecule has 0 N–H and O–H groups in total. The van der Waals surface area contributed by atoms with Crippen LogP contribution in [0.25, 0.3) is 26.8 Å². The Balaban J connectivity index is 1.81. The van der Waals surface area contributed by atoms with Crippen molar-refractivity contribution in [1.29, 1.82) is 0 Å². The summed E-state index contributed by atoms with van der Waals surface area (Å²) in [5, 5.41) is 0.879. The first-order valence-corrected chi connectivity index (χ1v) is 7.70. The quantitative estimate of drug-likeness (QED) is 0.543. The number of hydrogen-bond acceptors (Lipinski definition) is 3. The molecular weight excluding hydrogens is 297 g/mol. The van der Waals surface area contributed by atoms with Crippen LogP contribution in [-0.2, 0) is 0 Å². The number of aryl methyl sites for hydroxylation is 1. The molecular formula is C17H12FN3S. The molecule has 0 spiro atoms. The number of pyridine rings is 1. The molecule has 0 saturated carbocycles. The molecule has 0 aliphatic carbocycles. The van der Waals surface area contributed by atoms with E-state index in [-0.39, 0.29) is 5.82 Å². The van der Waals surface area contributed by atoms with Crippen molar-refractivity contribution < 1.29 is 4.39 Å². The van der Waals surface area contributed by atoms with E-state index in [4.69, 9.17) is 0 Å². The van der Waals surface area contributed by atoms with Crippen molar-refractivity contribution in [1.82, 2.24) is 14.4 Å². The van der Waals surface area contributed by atoms with Crippen LogP contribution in [0.3, 0.4) is 0 Å². The number of imidazole rings is 1. The number of benzene rings is 1. The molecule has 4 rings (SSSR count). The fourth-order valence-corrected chi connectivity index (χ4v) is 3.42. The summed E-state index contributed by atoms with van der Waals surface area (Å²) < 4.78 is 15.0. The van der Waals surface area contributed by atoms with Crippen LogP contribution < -0.4 is 0 Å². The lowest BCUT2D eigenvalue weighted by Gasteiger charge is -1.94. The Hall–Kier alpha value is -2.53. The molecule has 3 aromatic heterocycles. The predicted molar refractivity (Wildman–Crippen MR) is 86.4 cm³/mol. The van der Waals surface area contributed by atoms with Crippen LogP contribution in [0.15, 0.2) is 54.9 Å². The van der Waals surface area contributed by atoms with Gasteiger partial charge in [0, 0.05) is 18.0 Å². The molecule has 0 saturated heterocycles. The van der Waals surface area contributed by atoms with Gasteiger partial charge in [-0.25, -0.2) is 14.4 Å². The molecule has 4 aromatic rings. The van der Waals surface area contributed by atoms with Gasteiger partial charge in [0.15, 0.2) is 0 Å². The molecule has 0 amide bonds. The third kappa shape index (κ3) is 2.19. The molecule has 0 aliphatic heterocycles. The van der Waals surface area contributed by atoms with Gasteiger partial charge < -0.3 is 4.40 Å². The van der Waals surface area contributed by atoms with Gasteiger partial charge in [0.1, 0.15) is 22.2 Å². The van der Waals surface area contributed by atoms with E-state index in [0.29, 0.717) is 0 Å². The van der Waals surface area contributed by atoms with Gasteiger partial charge in [-0.2, -0.15) is 0 Å². The largest absolute Gasteiger partial charge is 0.306 e. The Morgan fingerprint density at radius 2 is 1.86 bits per heavy atom. The lowest BCUT2D eigenvalue weighted by Crippen LogP contribution is -1.79. The number of thiazole rings is 1. The number of hydrogen-bond donors (Lipinski definition) is 0. The third-order valence-electron chi connectivity index (χ3n) is 3.48. The van der Waals surface area contributed by atoms with Gasteiger partial charge in [-0.3, -0.25) is 0 Å². The summed E-state index contributed by atoms with van der Waals surface area (Å²) in [4.78, 5) is 10.3. The van der Waals surface area contributed by atoms with Crippen LogP contribution in [0.4, 0.5) is 4.39 Å². The molecule has 0 radical (unpaired) electrons. The first-order chi connectivity index (χ1) is 10.7. The topological polar surface area (TPSA) is 30.2 Å². The molecule has 3 nitrogen and oxygen atoms in total. The Labute approximate surface area is 130 Å². The first kappa shape index (κ1) is 13.2. The summed E-state index contributed by atoms with van der Waals surface area (Å²) in [5.41, 5.74) is 3.68. The highest BCUT2D eigenvalue weighted by atomic mass is 32.1. The minimum atomic E-state index is -0.238. The standard InChI is InChI=1S/C17H12FN3S/c1-11-16(14-10-21-9-3-2-4-15(21)20-14)22-17(19-11)12-5-7-13(18)8-6-12/h2-10H,1H3. The molecule has 1 aromatic carbocycles. The number of aromatic nitrogens is 3. The summed E-state index contributed by atoms with van der Waals surface area (Å²) in [7, 11) is 0. The van der Waals surface area contributed by atoms with Crippen LogP contribution in [-0.4, -0.2) is 14.4 Å². The fraction of sp³-hybridized carbons (Fsp3) is 0.0588. The van der Waals surface area contributed by atoms with E-state index in [9.17, 15) is 4.39 Å². The molecule has 0 atom stereocenters. The number of rotatable bonds is 2. The van der Waals surface area contributed by atoms with Crippen molar-refractivity contribution in [2.24, 2.45) is 0 Å². The van der Waals surface area contributed by atoms with E-state index in [1.807, 2.05) is 41.9 Å². The Bertz CT molecular complexity index is 921. The smallest absolute Gasteiger partial charge is 0.137 e. The van der Waals surface area contributed by atoms with Crippen molar-refractivity contribution in [3.8, 4) is 21.1 Å². The zero-order valence-electron chi connectivity index (χ0n) is 11.8. The molecule has 0 bridgehead atoms. The average Bonchev–Trinajstić information content (AvgIpc) is 3.11. The zero-order valence-corrected chi connectivity index (χ0v) is 12.6. The van der Waals surface area contributed by atoms with Gasteiger partial charge in [0.25, 0.3) is 0 Å². The Morgan fingerprint density at radius 3 is 2.64 bits per heavy atom. The predicted octanol–water partition coefficient (Wildman–Crippen LogP) is 4.57. The van der Waals surface area contributed by atoms with Crippen LogP contribution in [0.5, 0.6) is 0 Å².